The summed E-state index contributed by atoms with van der Waals surface area (Å²) in [6.07, 6.45) is 5.13. The van der Waals surface area contributed by atoms with Crippen LogP contribution in [0.3, 0.4) is 0 Å². The topological polar surface area (TPSA) is 52.1 Å². The first-order valence-electron chi connectivity index (χ1n) is 11.8. The minimum absolute atomic E-state index is 0.167. The Kier molecular flexibility index (Phi) is 6.19. The van der Waals surface area contributed by atoms with E-state index in [1.165, 1.54) is 18.5 Å². The van der Waals surface area contributed by atoms with Crippen molar-refractivity contribution >= 4 is 11.8 Å². The van der Waals surface area contributed by atoms with E-state index in [1.54, 1.807) is 0 Å². The monoisotopic (exact) mass is 429 g/mol. The molecule has 3 saturated heterocycles. The number of aryl methyl sites for hydroxylation is 1. The second-order valence-corrected chi connectivity index (χ2v) is 10.6. The first-order valence-corrected chi connectivity index (χ1v) is 11.8. The van der Waals surface area contributed by atoms with Crippen LogP contribution < -0.4 is 4.90 Å². The summed E-state index contributed by atoms with van der Waals surface area (Å²) in [5.74, 6) is 0. The van der Waals surface area contributed by atoms with E-state index in [-0.39, 0.29) is 11.6 Å². The number of rotatable bonds is 2. The lowest BCUT2D eigenvalue weighted by atomic mass is 9.83. The van der Waals surface area contributed by atoms with Gasteiger partial charge in [0.1, 0.15) is 5.60 Å². The lowest BCUT2D eigenvalue weighted by Crippen LogP contribution is -2.66. The second kappa shape index (κ2) is 8.58. The van der Waals surface area contributed by atoms with Crippen molar-refractivity contribution < 1.29 is 9.53 Å². The number of hydrogen-bond acceptors (Lipinski definition) is 6. The summed E-state index contributed by atoms with van der Waals surface area (Å²) in [6, 6.07) is 4.77. The van der Waals surface area contributed by atoms with Gasteiger partial charge in [-0.3, -0.25) is 14.8 Å². The number of carbonyl (C=O) groups excluding carboxylic acids is 1. The highest BCUT2D eigenvalue weighted by Crippen LogP contribution is 2.35. The fourth-order valence-electron chi connectivity index (χ4n) is 5.39. The highest BCUT2D eigenvalue weighted by Gasteiger charge is 2.45. The van der Waals surface area contributed by atoms with Crippen LogP contribution in [0.2, 0.25) is 0 Å². The molecule has 0 aliphatic carbocycles. The van der Waals surface area contributed by atoms with Gasteiger partial charge < -0.3 is 14.5 Å². The van der Waals surface area contributed by atoms with Gasteiger partial charge in [-0.1, -0.05) is 0 Å². The molecular weight excluding hydrogens is 390 g/mol. The molecule has 1 aromatic rings. The molecule has 7 heteroatoms. The molecule has 172 valence electrons. The van der Waals surface area contributed by atoms with E-state index >= 15 is 0 Å². The Bertz CT molecular complexity index is 784. The molecule has 1 unspecified atom stereocenters. The van der Waals surface area contributed by atoms with Gasteiger partial charge in [-0.05, 0) is 66.1 Å². The normalized spacial score (nSPS) is 25.3. The predicted octanol–water partition coefficient (Wildman–Crippen LogP) is 2.99. The Hall–Kier alpha value is -1.86. The number of likely N-dealkylation sites (tertiary alicyclic amines) is 1. The van der Waals surface area contributed by atoms with Crippen molar-refractivity contribution in [1.82, 2.24) is 19.7 Å². The number of hydrogen-bond donors (Lipinski definition) is 0. The number of amides is 1. The molecule has 0 radical (unpaired) electrons. The SMILES string of the molecule is Cc1cc(N2CCC3(CC2)CN(C2CCN(C(=O)OC(C)(C)C)C2)CCN3C)ccn1. The molecule has 31 heavy (non-hydrogen) atoms. The summed E-state index contributed by atoms with van der Waals surface area (Å²) in [7, 11) is 2.30. The number of anilines is 1. The minimum Gasteiger partial charge on any atom is -0.444 e. The van der Waals surface area contributed by atoms with Gasteiger partial charge in [-0.15, -0.1) is 0 Å². The number of piperazine rings is 1. The maximum Gasteiger partial charge on any atom is 0.410 e. The number of piperidine rings is 1. The van der Waals surface area contributed by atoms with Crippen LogP contribution in [-0.4, -0.2) is 95.8 Å². The molecule has 7 nitrogen and oxygen atoms in total. The number of nitrogens with zero attached hydrogens (tertiary/aromatic N) is 5. The van der Waals surface area contributed by atoms with Gasteiger partial charge in [0.15, 0.2) is 0 Å². The van der Waals surface area contributed by atoms with Crippen LogP contribution in [0, 0.1) is 6.92 Å². The Balaban J connectivity index is 1.36. The molecule has 0 N–H and O–H groups in total. The smallest absolute Gasteiger partial charge is 0.410 e. The van der Waals surface area contributed by atoms with Crippen LogP contribution in [0.5, 0.6) is 0 Å². The average Bonchev–Trinajstić information content (AvgIpc) is 3.20. The zero-order valence-electron chi connectivity index (χ0n) is 19.9. The van der Waals surface area contributed by atoms with Crippen molar-refractivity contribution in [3.8, 4) is 0 Å². The van der Waals surface area contributed by atoms with Crippen LogP contribution in [-0.2, 0) is 4.74 Å². The van der Waals surface area contributed by atoms with Crippen LogP contribution in [0.1, 0.15) is 45.7 Å². The Labute approximate surface area is 187 Å². The third-order valence-electron chi connectivity index (χ3n) is 7.30. The van der Waals surface area contributed by atoms with E-state index in [2.05, 4.69) is 45.8 Å². The lowest BCUT2D eigenvalue weighted by molar-refractivity contribution is -0.0181. The van der Waals surface area contributed by atoms with E-state index in [4.69, 9.17) is 4.74 Å². The maximum atomic E-state index is 12.5. The van der Waals surface area contributed by atoms with Gasteiger partial charge in [0, 0.05) is 75.0 Å². The van der Waals surface area contributed by atoms with Gasteiger partial charge in [-0.2, -0.15) is 0 Å². The molecule has 0 bridgehead atoms. The molecule has 1 spiro atoms. The number of pyridine rings is 1. The maximum absolute atomic E-state index is 12.5. The highest BCUT2D eigenvalue weighted by molar-refractivity contribution is 5.68. The molecular formula is C24H39N5O2. The van der Waals surface area contributed by atoms with Crippen molar-refractivity contribution in [2.24, 2.45) is 0 Å². The Morgan fingerprint density at radius 2 is 1.90 bits per heavy atom. The fraction of sp³-hybridized carbons (Fsp3) is 0.750. The molecule has 3 aliphatic rings. The van der Waals surface area contributed by atoms with Crippen molar-refractivity contribution in [2.75, 3.05) is 57.8 Å². The van der Waals surface area contributed by atoms with E-state index in [9.17, 15) is 4.79 Å². The van der Waals surface area contributed by atoms with Crippen molar-refractivity contribution in [3.05, 3.63) is 24.0 Å². The summed E-state index contributed by atoms with van der Waals surface area (Å²) >= 11 is 0. The highest BCUT2D eigenvalue weighted by atomic mass is 16.6. The first kappa shape index (κ1) is 22.3. The van der Waals surface area contributed by atoms with Crippen LogP contribution >= 0.6 is 0 Å². The van der Waals surface area contributed by atoms with Gasteiger partial charge in [-0.25, -0.2) is 4.79 Å². The van der Waals surface area contributed by atoms with E-state index in [1.807, 2.05) is 31.9 Å². The van der Waals surface area contributed by atoms with E-state index < -0.39 is 5.60 Å². The summed E-state index contributed by atoms with van der Waals surface area (Å²) in [5.41, 5.74) is 2.17. The molecule has 1 amide bonds. The van der Waals surface area contributed by atoms with Gasteiger partial charge in [0.05, 0.1) is 0 Å². The average molecular weight is 430 g/mol. The first-order chi connectivity index (χ1) is 14.7. The molecule has 3 fully saturated rings. The predicted molar refractivity (Wildman–Crippen MR) is 124 cm³/mol. The van der Waals surface area contributed by atoms with Crippen LogP contribution in [0.25, 0.3) is 0 Å². The van der Waals surface area contributed by atoms with Crippen LogP contribution in [0.15, 0.2) is 18.3 Å². The fourth-order valence-corrected chi connectivity index (χ4v) is 5.39. The summed E-state index contributed by atoms with van der Waals surface area (Å²) in [6.45, 7) is 14.9. The lowest BCUT2D eigenvalue weighted by Gasteiger charge is -2.54. The van der Waals surface area contributed by atoms with Gasteiger partial charge >= 0.3 is 6.09 Å². The van der Waals surface area contributed by atoms with Crippen molar-refractivity contribution in [3.63, 3.8) is 0 Å². The van der Waals surface area contributed by atoms with Gasteiger partial charge in [0.25, 0.3) is 0 Å². The minimum atomic E-state index is -0.436. The zero-order valence-corrected chi connectivity index (χ0v) is 19.9. The van der Waals surface area contributed by atoms with E-state index in [0.29, 0.717) is 6.04 Å². The molecule has 3 aliphatic heterocycles. The third kappa shape index (κ3) is 4.98. The summed E-state index contributed by atoms with van der Waals surface area (Å²) < 4.78 is 5.60. The molecule has 1 aromatic heterocycles. The largest absolute Gasteiger partial charge is 0.444 e. The second-order valence-electron chi connectivity index (χ2n) is 10.6. The van der Waals surface area contributed by atoms with E-state index in [0.717, 1.165) is 57.9 Å². The molecule has 1 atom stereocenters. The molecule has 4 rings (SSSR count). The van der Waals surface area contributed by atoms with Gasteiger partial charge in [0.2, 0.25) is 0 Å². The molecule has 0 aromatic carbocycles. The summed E-state index contributed by atoms with van der Waals surface area (Å²) in [4.78, 5) is 26.5. The number of carbonyl (C=O) groups is 1. The van der Waals surface area contributed by atoms with Crippen molar-refractivity contribution in [1.29, 1.82) is 0 Å². The zero-order chi connectivity index (χ0) is 22.2. The standard InChI is InChI=1S/C24H39N5O2/c1-19-16-20(6-10-25-19)27-12-8-24(9-13-27)18-29(15-14-26(24)5)21-7-11-28(17-21)22(30)31-23(2,3)4/h6,10,16,21H,7-9,11-15,17-18H2,1-5H3. The van der Waals surface area contributed by atoms with Crippen LogP contribution in [0.4, 0.5) is 10.5 Å². The quantitative estimate of drug-likeness (QED) is 0.720. The Morgan fingerprint density at radius 3 is 2.58 bits per heavy atom. The summed E-state index contributed by atoms with van der Waals surface area (Å²) in [5, 5.41) is 0. The number of likely N-dealkylation sites (N-methyl/N-ethyl adjacent to an activating group) is 1. The molecule has 0 saturated carbocycles. The number of aromatic nitrogens is 1. The number of ether oxygens (including phenoxy) is 1. The van der Waals surface area contributed by atoms with Crippen molar-refractivity contribution in [2.45, 2.75) is 64.1 Å². The molecule has 4 heterocycles. The Morgan fingerprint density at radius 1 is 1.16 bits per heavy atom. The third-order valence-corrected chi connectivity index (χ3v) is 7.30.